The third-order valence-corrected chi connectivity index (χ3v) is 7.29. The van der Waals surface area contributed by atoms with E-state index in [2.05, 4.69) is 5.16 Å². The molecule has 1 aromatic rings. The molecule has 0 radical (unpaired) electrons. The minimum atomic E-state index is 0.0628. The van der Waals surface area contributed by atoms with Crippen molar-refractivity contribution in [2.45, 2.75) is 56.8 Å². The first-order valence-corrected chi connectivity index (χ1v) is 10.0. The largest absolute Gasteiger partial charge is 0.377 e. The summed E-state index contributed by atoms with van der Waals surface area (Å²) in [5, 5.41) is 3.89. The molecule has 132 valence electrons. The van der Waals surface area contributed by atoms with Crippen LogP contribution in [0.25, 0.3) is 0 Å². The van der Waals surface area contributed by atoms with Gasteiger partial charge in [-0.25, -0.2) is 0 Å². The summed E-state index contributed by atoms with van der Waals surface area (Å²) in [6.07, 6.45) is 6.87. The van der Waals surface area contributed by atoms with E-state index in [1.807, 2.05) is 23.6 Å². The second-order valence-electron chi connectivity index (χ2n) is 7.66. The monoisotopic (exact) mass is 350 g/mol. The Labute approximate surface area is 147 Å². The summed E-state index contributed by atoms with van der Waals surface area (Å²) in [7, 11) is 0. The first-order valence-electron chi connectivity index (χ1n) is 9.04. The minimum Gasteiger partial charge on any atom is -0.377 e. The Bertz CT molecular complexity index is 598. The van der Waals surface area contributed by atoms with Crippen molar-refractivity contribution in [3.8, 4) is 0 Å². The van der Waals surface area contributed by atoms with Crippen LogP contribution in [0.15, 0.2) is 4.52 Å². The third kappa shape index (κ3) is 2.99. The highest BCUT2D eigenvalue weighted by Crippen LogP contribution is 2.46. The van der Waals surface area contributed by atoms with Crippen LogP contribution in [0.4, 0.5) is 0 Å². The van der Waals surface area contributed by atoms with Crippen molar-refractivity contribution in [3.63, 3.8) is 0 Å². The summed E-state index contributed by atoms with van der Waals surface area (Å²) in [6.45, 7) is 6.22. The maximum Gasteiger partial charge on any atom is 0.259 e. The normalized spacial score (nSPS) is 26.2. The molecule has 3 fully saturated rings. The zero-order valence-electron chi connectivity index (χ0n) is 14.5. The zero-order chi connectivity index (χ0) is 16.7. The number of aromatic nitrogens is 1. The van der Waals surface area contributed by atoms with Crippen LogP contribution in [0.2, 0.25) is 0 Å². The third-order valence-electron chi connectivity index (χ3n) is 5.71. The lowest BCUT2D eigenvalue weighted by Crippen LogP contribution is -2.60. The number of carbonyl (C=O) groups is 1. The second kappa shape index (κ2) is 6.37. The average Bonchev–Trinajstić information content (AvgIpc) is 3.24. The highest BCUT2D eigenvalue weighted by atomic mass is 32.2. The molecule has 1 spiro atoms. The summed E-state index contributed by atoms with van der Waals surface area (Å²) in [6, 6.07) is 0. The summed E-state index contributed by atoms with van der Waals surface area (Å²) < 4.78 is 11.5. The number of amides is 1. The highest BCUT2D eigenvalue weighted by molar-refractivity contribution is 8.01. The van der Waals surface area contributed by atoms with Crippen LogP contribution < -0.4 is 0 Å². The van der Waals surface area contributed by atoms with Crippen molar-refractivity contribution in [1.29, 1.82) is 0 Å². The first-order chi connectivity index (χ1) is 11.6. The van der Waals surface area contributed by atoms with Crippen molar-refractivity contribution >= 4 is 17.7 Å². The van der Waals surface area contributed by atoms with Gasteiger partial charge in [-0.05, 0) is 39.0 Å². The standard InChI is InChI=1S/C18H26N2O3S/c1-12-16(13(2)23-19-12)17(21)20-10-18(11-20)7-15(9-24-18)22-8-14-5-3-4-6-14/h14-15H,3-11H2,1-2H3/t15-/m0/s1. The molecule has 24 heavy (non-hydrogen) atoms. The number of thioether (sulfide) groups is 1. The Morgan fingerprint density at radius 2 is 2.12 bits per heavy atom. The fourth-order valence-corrected chi connectivity index (χ4v) is 5.87. The molecule has 0 unspecified atom stereocenters. The molecule has 2 saturated heterocycles. The van der Waals surface area contributed by atoms with Crippen molar-refractivity contribution in [3.05, 3.63) is 17.0 Å². The fraction of sp³-hybridized carbons (Fsp3) is 0.778. The van der Waals surface area contributed by atoms with Crippen LogP contribution >= 0.6 is 11.8 Å². The molecule has 4 rings (SSSR count). The minimum absolute atomic E-state index is 0.0628. The maximum absolute atomic E-state index is 12.6. The first kappa shape index (κ1) is 16.5. The van der Waals surface area contributed by atoms with Crippen molar-refractivity contribution < 1.29 is 14.1 Å². The van der Waals surface area contributed by atoms with E-state index in [0.717, 1.165) is 37.8 Å². The SMILES string of the molecule is Cc1noc(C)c1C(=O)N1CC2(C[C@H](OCC3CCCC3)CS2)C1. The van der Waals surface area contributed by atoms with E-state index in [4.69, 9.17) is 9.26 Å². The Balaban J connectivity index is 1.28. The lowest BCUT2D eigenvalue weighted by atomic mass is 9.92. The molecule has 0 bridgehead atoms. The number of carbonyl (C=O) groups excluding carboxylic acids is 1. The zero-order valence-corrected chi connectivity index (χ0v) is 15.4. The van der Waals surface area contributed by atoms with Crippen LogP contribution in [0.1, 0.15) is 53.9 Å². The van der Waals surface area contributed by atoms with Gasteiger partial charge < -0.3 is 14.2 Å². The van der Waals surface area contributed by atoms with E-state index in [9.17, 15) is 4.79 Å². The molecule has 3 heterocycles. The molecule has 3 aliphatic rings. The average molecular weight is 350 g/mol. The molecule has 0 N–H and O–H groups in total. The Morgan fingerprint density at radius 3 is 2.79 bits per heavy atom. The van der Waals surface area contributed by atoms with Gasteiger partial charge in [0.05, 0.1) is 16.5 Å². The van der Waals surface area contributed by atoms with Crippen LogP contribution in [-0.2, 0) is 4.74 Å². The number of rotatable bonds is 4. The lowest BCUT2D eigenvalue weighted by molar-refractivity contribution is 0.0197. The number of hydrogen-bond donors (Lipinski definition) is 0. The molecular formula is C18H26N2O3S. The van der Waals surface area contributed by atoms with Crippen molar-refractivity contribution in [2.75, 3.05) is 25.4 Å². The van der Waals surface area contributed by atoms with Gasteiger partial charge in [0, 0.05) is 25.4 Å². The molecule has 1 atom stereocenters. The number of nitrogens with zero attached hydrogens (tertiary/aromatic N) is 2. The Hall–Kier alpha value is -1.01. The molecule has 1 aromatic heterocycles. The van der Waals surface area contributed by atoms with Gasteiger partial charge >= 0.3 is 0 Å². The van der Waals surface area contributed by atoms with Gasteiger partial charge in [-0.1, -0.05) is 18.0 Å². The van der Waals surface area contributed by atoms with Gasteiger partial charge in [0.25, 0.3) is 5.91 Å². The number of ether oxygens (including phenoxy) is 1. The molecule has 5 nitrogen and oxygen atoms in total. The van der Waals surface area contributed by atoms with Crippen LogP contribution in [0.3, 0.4) is 0 Å². The molecule has 1 amide bonds. The van der Waals surface area contributed by atoms with Crippen LogP contribution in [0, 0.1) is 19.8 Å². The topological polar surface area (TPSA) is 55.6 Å². The molecule has 1 saturated carbocycles. The van der Waals surface area contributed by atoms with E-state index in [1.54, 1.807) is 6.92 Å². The highest BCUT2D eigenvalue weighted by Gasteiger charge is 2.51. The van der Waals surface area contributed by atoms with Gasteiger partial charge in [-0.2, -0.15) is 0 Å². The van der Waals surface area contributed by atoms with E-state index in [0.29, 0.717) is 23.1 Å². The molecule has 2 aliphatic heterocycles. The van der Waals surface area contributed by atoms with E-state index >= 15 is 0 Å². The molecule has 6 heteroatoms. The van der Waals surface area contributed by atoms with Crippen molar-refractivity contribution in [1.82, 2.24) is 10.1 Å². The predicted molar refractivity (Wildman–Crippen MR) is 93.4 cm³/mol. The van der Waals surface area contributed by atoms with Gasteiger partial charge in [0.1, 0.15) is 11.3 Å². The van der Waals surface area contributed by atoms with Crippen LogP contribution in [-0.4, -0.2) is 52.3 Å². The molecule has 1 aliphatic carbocycles. The van der Waals surface area contributed by atoms with Gasteiger partial charge in [0.15, 0.2) is 0 Å². The van der Waals surface area contributed by atoms with Gasteiger partial charge in [-0.3, -0.25) is 4.79 Å². The lowest BCUT2D eigenvalue weighted by Gasteiger charge is -2.47. The number of aryl methyl sites for hydroxylation is 2. The summed E-state index contributed by atoms with van der Waals surface area (Å²) >= 11 is 1.99. The van der Waals surface area contributed by atoms with Crippen LogP contribution in [0.5, 0.6) is 0 Å². The van der Waals surface area contributed by atoms with E-state index in [1.165, 1.54) is 25.7 Å². The Morgan fingerprint density at radius 1 is 1.38 bits per heavy atom. The van der Waals surface area contributed by atoms with Gasteiger partial charge in [0.2, 0.25) is 0 Å². The van der Waals surface area contributed by atoms with E-state index in [-0.39, 0.29) is 10.7 Å². The summed E-state index contributed by atoms with van der Waals surface area (Å²) in [4.78, 5) is 14.6. The predicted octanol–water partition coefficient (Wildman–Crippen LogP) is 3.20. The maximum atomic E-state index is 12.6. The van der Waals surface area contributed by atoms with Crippen molar-refractivity contribution in [2.24, 2.45) is 5.92 Å². The molecular weight excluding hydrogens is 324 g/mol. The smallest absolute Gasteiger partial charge is 0.259 e. The summed E-state index contributed by atoms with van der Waals surface area (Å²) in [5.74, 6) is 2.54. The Kier molecular flexibility index (Phi) is 4.37. The number of likely N-dealkylation sites (tertiary alicyclic amines) is 1. The van der Waals surface area contributed by atoms with E-state index < -0.39 is 0 Å². The number of hydrogen-bond acceptors (Lipinski definition) is 5. The quantitative estimate of drug-likeness (QED) is 0.835. The molecule has 0 aromatic carbocycles. The summed E-state index contributed by atoms with van der Waals surface area (Å²) in [5.41, 5.74) is 1.33. The van der Waals surface area contributed by atoms with Gasteiger partial charge in [-0.15, -0.1) is 11.8 Å². The fourth-order valence-electron chi connectivity index (χ4n) is 4.32. The second-order valence-corrected chi connectivity index (χ2v) is 9.15.